The first-order chi connectivity index (χ1) is 8.25. The lowest BCUT2D eigenvalue weighted by Gasteiger charge is -2.26. The minimum Gasteiger partial charge on any atom is -0.331 e. The highest BCUT2D eigenvalue weighted by Crippen LogP contribution is 2.23. The van der Waals surface area contributed by atoms with E-state index in [1.807, 2.05) is 4.68 Å². The van der Waals surface area contributed by atoms with Crippen LogP contribution in [0.2, 0.25) is 5.02 Å². The summed E-state index contributed by atoms with van der Waals surface area (Å²) in [6.07, 6.45) is 1.69. The Kier molecular flexibility index (Phi) is 2.60. The highest BCUT2D eigenvalue weighted by atomic mass is 35.5. The lowest BCUT2D eigenvalue weighted by Crippen LogP contribution is -2.38. The van der Waals surface area contributed by atoms with Crippen LogP contribution in [0.1, 0.15) is 16.1 Å². The number of fused-ring (bicyclic) bond motifs is 1. The normalized spacial score (nSPS) is 14.8. The Morgan fingerprint density at radius 2 is 2.29 bits per heavy atom. The molecule has 1 aliphatic rings. The van der Waals surface area contributed by atoms with Crippen LogP contribution < -0.4 is 0 Å². The Labute approximate surface area is 107 Å². The molecular formula is C10H9ClN4OS. The molecule has 3 heterocycles. The summed E-state index contributed by atoms with van der Waals surface area (Å²) >= 11 is 7.40. The van der Waals surface area contributed by atoms with Gasteiger partial charge in [-0.1, -0.05) is 16.8 Å². The molecule has 0 N–H and O–H groups in total. The third kappa shape index (κ3) is 1.83. The van der Waals surface area contributed by atoms with Crippen molar-refractivity contribution in [3.63, 3.8) is 0 Å². The van der Waals surface area contributed by atoms with E-state index in [0.717, 1.165) is 5.69 Å². The van der Waals surface area contributed by atoms with Crippen molar-refractivity contribution in [2.75, 3.05) is 6.54 Å². The average Bonchev–Trinajstić information content (AvgIpc) is 2.95. The number of amides is 1. The van der Waals surface area contributed by atoms with Crippen molar-refractivity contribution in [2.45, 2.75) is 13.1 Å². The number of hydrogen-bond donors (Lipinski definition) is 0. The second kappa shape index (κ2) is 4.12. The molecule has 7 heteroatoms. The molecular weight excluding hydrogens is 260 g/mol. The van der Waals surface area contributed by atoms with Crippen LogP contribution >= 0.6 is 22.9 Å². The molecule has 0 saturated carbocycles. The number of rotatable bonds is 1. The van der Waals surface area contributed by atoms with Crippen LogP contribution in [-0.2, 0) is 13.1 Å². The second-order valence-corrected chi connectivity index (χ2v) is 4.96. The molecule has 0 atom stereocenters. The van der Waals surface area contributed by atoms with Gasteiger partial charge in [0.25, 0.3) is 5.91 Å². The molecule has 17 heavy (non-hydrogen) atoms. The van der Waals surface area contributed by atoms with Crippen LogP contribution in [0.3, 0.4) is 0 Å². The van der Waals surface area contributed by atoms with E-state index >= 15 is 0 Å². The predicted octanol–water partition coefficient (Wildman–Crippen LogP) is 1.65. The fourth-order valence-electron chi connectivity index (χ4n) is 1.86. The Balaban J connectivity index is 1.84. The summed E-state index contributed by atoms with van der Waals surface area (Å²) in [7, 11) is 0. The summed E-state index contributed by atoms with van der Waals surface area (Å²) in [5.41, 5.74) is 1.54. The zero-order valence-corrected chi connectivity index (χ0v) is 10.4. The van der Waals surface area contributed by atoms with Crippen LogP contribution in [0.15, 0.2) is 17.0 Å². The average molecular weight is 269 g/mol. The van der Waals surface area contributed by atoms with Crippen molar-refractivity contribution < 1.29 is 4.79 Å². The van der Waals surface area contributed by atoms with Crippen molar-refractivity contribution in [3.8, 4) is 0 Å². The van der Waals surface area contributed by atoms with Gasteiger partial charge in [0.05, 0.1) is 35.6 Å². The minimum atomic E-state index is -0.0244. The largest absolute Gasteiger partial charge is 0.331 e. The summed E-state index contributed by atoms with van der Waals surface area (Å²) in [6, 6.07) is 0. The molecule has 0 aliphatic carbocycles. The highest BCUT2D eigenvalue weighted by Gasteiger charge is 2.24. The lowest BCUT2D eigenvalue weighted by molar-refractivity contribution is 0.0706. The summed E-state index contributed by atoms with van der Waals surface area (Å²) in [4.78, 5) is 14.0. The van der Waals surface area contributed by atoms with Crippen molar-refractivity contribution in [1.29, 1.82) is 0 Å². The van der Waals surface area contributed by atoms with Gasteiger partial charge in [-0.3, -0.25) is 4.79 Å². The summed E-state index contributed by atoms with van der Waals surface area (Å²) in [5, 5.41) is 11.8. The maximum atomic E-state index is 12.2. The smallest absolute Gasteiger partial charge is 0.256 e. The van der Waals surface area contributed by atoms with E-state index in [9.17, 15) is 4.79 Å². The van der Waals surface area contributed by atoms with Crippen LogP contribution in [0.4, 0.5) is 0 Å². The molecule has 0 fully saturated rings. The van der Waals surface area contributed by atoms with Crippen molar-refractivity contribution >= 4 is 28.8 Å². The zero-order valence-electron chi connectivity index (χ0n) is 8.84. The zero-order chi connectivity index (χ0) is 11.8. The van der Waals surface area contributed by atoms with Gasteiger partial charge in [0.2, 0.25) is 0 Å². The molecule has 0 bridgehead atoms. The van der Waals surface area contributed by atoms with Crippen LogP contribution in [0, 0.1) is 0 Å². The maximum absolute atomic E-state index is 12.2. The fourth-order valence-corrected chi connectivity index (χ4v) is 2.89. The van der Waals surface area contributed by atoms with Gasteiger partial charge in [-0.25, -0.2) is 4.68 Å². The van der Waals surface area contributed by atoms with Crippen LogP contribution in [0.5, 0.6) is 0 Å². The highest BCUT2D eigenvalue weighted by molar-refractivity contribution is 7.08. The standard InChI is InChI=1S/C10H9ClN4OS/c11-9-6-17-5-8(9)10(16)14-1-2-15-7(4-14)3-12-13-15/h3,5-6H,1-2,4H2. The Morgan fingerprint density at radius 1 is 1.41 bits per heavy atom. The van der Waals surface area contributed by atoms with Gasteiger partial charge in [0, 0.05) is 17.3 Å². The third-order valence-corrected chi connectivity index (χ3v) is 3.95. The number of nitrogens with zero attached hydrogens (tertiary/aromatic N) is 4. The van der Waals surface area contributed by atoms with E-state index < -0.39 is 0 Å². The number of carbonyl (C=O) groups is 1. The van der Waals surface area contributed by atoms with Crippen LogP contribution in [0.25, 0.3) is 0 Å². The molecule has 88 valence electrons. The van der Waals surface area contributed by atoms with Crippen molar-refractivity contribution in [2.24, 2.45) is 0 Å². The molecule has 5 nitrogen and oxygen atoms in total. The topological polar surface area (TPSA) is 51.0 Å². The van der Waals surface area contributed by atoms with E-state index in [4.69, 9.17) is 11.6 Å². The first-order valence-electron chi connectivity index (χ1n) is 5.14. The second-order valence-electron chi connectivity index (χ2n) is 3.81. The predicted molar refractivity (Wildman–Crippen MR) is 64.1 cm³/mol. The molecule has 0 radical (unpaired) electrons. The van der Waals surface area contributed by atoms with Gasteiger partial charge in [-0.05, 0) is 0 Å². The Morgan fingerprint density at radius 3 is 3.06 bits per heavy atom. The minimum absolute atomic E-state index is 0.0244. The van der Waals surface area contributed by atoms with Gasteiger partial charge in [-0.2, -0.15) is 0 Å². The van der Waals surface area contributed by atoms with E-state index in [1.165, 1.54) is 11.3 Å². The number of aromatic nitrogens is 3. The van der Waals surface area contributed by atoms with E-state index in [0.29, 0.717) is 30.2 Å². The van der Waals surface area contributed by atoms with Gasteiger partial charge >= 0.3 is 0 Å². The molecule has 1 aliphatic heterocycles. The quantitative estimate of drug-likeness (QED) is 0.790. The van der Waals surface area contributed by atoms with Crippen molar-refractivity contribution in [3.05, 3.63) is 33.2 Å². The van der Waals surface area contributed by atoms with E-state index in [-0.39, 0.29) is 5.91 Å². The summed E-state index contributed by atoms with van der Waals surface area (Å²) in [6.45, 7) is 1.86. The van der Waals surface area contributed by atoms with Crippen molar-refractivity contribution in [1.82, 2.24) is 19.9 Å². The van der Waals surface area contributed by atoms with Gasteiger partial charge in [0.15, 0.2) is 0 Å². The first-order valence-corrected chi connectivity index (χ1v) is 6.46. The number of carbonyl (C=O) groups excluding carboxylic acids is 1. The summed E-state index contributed by atoms with van der Waals surface area (Å²) < 4.78 is 1.82. The van der Waals surface area contributed by atoms with Gasteiger partial charge in [0.1, 0.15) is 0 Å². The van der Waals surface area contributed by atoms with Gasteiger partial charge < -0.3 is 4.90 Å². The maximum Gasteiger partial charge on any atom is 0.256 e. The lowest BCUT2D eigenvalue weighted by atomic mass is 10.2. The number of halogens is 1. The van der Waals surface area contributed by atoms with Gasteiger partial charge in [-0.15, -0.1) is 16.4 Å². The SMILES string of the molecule is O=C(c1cscc1Cl)N1CCn2nncc2C1. The Hall–Kier alpha value is -1.40. The van der Waals surface area contributed by atoms with Crippen LogP contribution in [-0.4, -0.2) is 32.3 Å². The molecule has 0 spiro atoms. The van der Waals surface area contributed by atoms with E-state index in [1.54, 1.807) is 21.9 Å². The molecule has 0 unspecified atom stereocenters. The first kappa shape index (κ1) is 10.7. The van der Waals surface area contributed by atoms with E-state index in [2.05, 4.69) is 10.3 Å². The Bertz CT molecular complexity index is 564. The molecule has 0 aromatic carbocycles. The molecule has 0 saturated heterocycles. The summed E-state index contributed by atoms with van der Waals surface area (Å²) in [5.74, 6) is -0.0244. The number of thiophene rings is 1. The molecule has 1 amide bonds. The number of hydrogen-bond acceptors (Lipinski definition) is 4. The third-order valence-electron chi connectivity index (χ3n) is 2.76. The monoisotopic (exact) mass is 268 g/mol. The molecule has 2 aromatic rings. The fraction of sp³-hybridized carbons (Fsp3) is 0.300. The molecule has 3 rings (SSSR count). The molecule has 2 aromatic heterocycles.